The minimum absolute atomic E-state index is 0.152. The minimum atomic E-state index is -0.585. The molecular weight excluding hydrogens is 348 g/mol. The number of hydrogen-bond acceptors (Lipinski definition) is 5. The number of fused-ring (bicyclic) bond motifs is 1. The maximum atomic E-state index is 12.6. The SMILES string of the molecule is COC(=O)c1cc(OC)c(OC)cc1NC(=O)Cc1c[nH]c2ccccc12. The number of amides is 1. The molecule has 3 rings (SSSR count). The van der Waals surface area contributed by atoms with E-state index in [0.717, 1.165) is 16.5 Å². The number of benzene rings is 2. The van der Waals surface area contributed by atoms with Crippen molar-refractivity contribution in [2.24, 2.45) is 0 Å². The Bertz CT molecular complexity index is 993. The number of carbonyl (C=O) groups is 2. The monoisotopic (exact) mass is 368 g/mol. The molecule has 7 nitrogen and oxygen atoms in total. The molecule has 0 aliphatic carbocycles. The van der Waals surface area contributed by atoms with E-state index >= 15 is 0 Å². The number of carbonyl (C=O) groups excluding carboxylic acids is 2. The fourth-order valence-electron chi connectivity index (χ4n) is 2.91. The third kappa shape index (κ3) is 3.72. The van der Waals surface area contributed by atoms with Crippen LogP contribution in [0.25, 0.3) is 10.9 Å². The lowest BCUT2D eigenvalue weighted by Crippen LogP contribution is -2.17. The number of aromatic nitrogens is 1. The van der Waals surface area contributed by atoms with Crippen molar-refractivity contribution in [3.05, 3.63) is 53.7 Å². The Morgan fingerprint density at radius 2 is 1.74 bits per heavy atom. The summed E-state index contributed by atoms with van der Waals surface area (Å²) in [5, 5.41) is 3.75. The number of rotatable bonds is 6. The van der Waals surface area contributed by atoms with Crippen molar-refractivity contribution in [3.8, 4) is 11.5 Å². The Balaban J connectivity index is 1.89. The molecule has 0 saturated heterocycles. The van der Waals surface area contributed by atoms with Crippen LogP contribution in [0.2, 0.25) is 0 Å². The van der Waals surface area contributed by atoms with Crippen LogP contribution in [0.15, 0.2) is 42.6 Å². The lowest BCUT2D eigenvalue weighted by atomic mass is 10.1. The molecule has 0 radical (unpaired) electrons. The third-order valence-electron chi connectivity index (χ3n) is 4.23. The summed E-state index contributed by atoms with van der Waals surface area (Å²) in [5.74, 6) is -0.0875. The van der Waals surface area contributed by atoms with Crippen LogP contribution < -0.4 is 14.8 Å². The molecule has 2 N–H and O–H groups in total. The molecule has 3 aromatic rings. The van der Waals surface area contributed by atoms with Crippen LogP contribution in [-0.4, -0.2) is 38.2 Å². The molecule has 2 aromatic carbocycles. The Kier molecular flexibility index (Phi) is 5.30. The number of aromatic amines is 1. The van der Waals surface area contributed by atoms with Gasteiger partial charge in [-0.25, -0.2) is 4.79 Å². The molecule has 0 aliphatic rings. The highest BCUT2D eigenvalue weighted by molar-refractivity contribution is 6.03. The molecule has 140 valence electrons. The second-order valence-electron chi connectivity index (χ2n) is 5.83. The van der Waals surface area contributed by atoms with E-state index in [1.54, 1.807) is 6.20 Å². The van der Waals surface area contributed by atoms with Gasteiger partial charge in [-0.15, -0.1) is 0 Å². The molecule has 1 amide bonds. The highest BCUT2D eigenvalue weighted by atomic mass is 16.5. The summed E-state index contributed by atoms with van der Waals surface area (Å²) in [6, 6.07) is 10.8. The highest BCUT2D eigenvalue weighted by Gasteiger charge is 2.19. The topological polar surface area (TPSA) is 89.7 Å². The van der Waals surface area contributed by atoms with E-state index in [1.165, 1.54) is 33.5 Å². The van der Waals surface area contributed by atoms with Crippen LogP contribution in [0.5, 0.6) is 11.5 Å². The van der Waals surface area contributed by atoms with Gasteiger partial charge in [0.15, 0.2) is 11.5 Å². The van der Waals surface area contributed by atoms with E-state index in [9.17, 15) is 9.59 Å². The Hall–Kier alpha value is -3.48. The van der Waals surface area contributed by atoms with E-state index in [0.29, 0.717) is 17.2 Å². The summed E-state index contributed by atoms with van der Waals surface area (Å²) in [6.07, 6.45) is 1.96. The van der Waals surface area contributed by atoms with Crippen LogP contribution in [-0.2, 0) is 16.0 Å². The molecule has 0 aliphatic heterocycles. The van der Waals surface area contributed by atoms with Gasteiger partial charge in [-0.2, -0.15) is 0 Å². The summed E-state index contributed by atoms with van der Waals surface area (Å²) < 4.78 is 15.3. The second kappa shape index (κ2) is 7.82. The van der Waals surface area contributed by atoms with Crippen LogP contribution in [0.4, 0.5) is 5.69 Å². The Morgan fingerprint density at radius 1 is 1.04 bits per heavy atom. The van der Waals surface area contributed by atoms with Gasteiger partial charge in [-0.1, -0.05) is 18.2 Å². The fraction of sp³-hybridized carbons (Fsp3) is 0.200. The number of ether oxygens (including phenoxy) is 3. The maximum Gasteiger partial charge on any atom is 0.340 e. The number of hydrogen-bond donors (Lipinski definition) is 2. The first-order valence-electron chi connectivity index (χ1n) is 8.26. The molecule has 0 fully saturated rings. The van der Waals surface area contributed by atoms with Gasteiger partial charge in [0.2, 0.25) is 5.91 Å². The summed E-state index contributed by atoms with van der Waals surface area (Å²) >= 11 is 0. The molecule has 0 saturated carbocycles. The van der Waals surface area contributed by atoms with Crippen molar-refractivity contribution in [2.45, 2.75) is 6.42 Å². The average molecular weight is 368 g/mol. The van der Waals surface area contributed by atoms with E-state index in [4.69, 9.17) is 14.2 Å². The van der Waals surface area contributed by atoms with Gasteiger partial charge in [0.05, 0.1) is 39.0 Å². The number of nitrogens with one attached hydrogen (secondary N) is 2. The van der Waals surface area contributed by atoms with Crippen LogP contribution in [0.3, 0.4) is 0 Å². The smallest absolute Gasteiger partial charge is 0.340 e. The minimum Gasteiger partial charge on any atom is -0.493 e. The zero-order valence-corrected chi connectivity index (χ0v) is 15.3. The van der Waals surface area contributed by atoms with Crippen molar-refractivity contribution in [2.75, 3.05) is 26.6 Å². The normalized spacial score (nSPS) is 10.5. The summed E-state index contributed by atoms with van der Waals surface area (Å²) in [6.45, 7) is 0. The molecule has 0 spiro atoms. The number of para-hydroxylation sites is 1. The highest BCUT2D eigenvalue weighted by Crippen LogP contribution is 2.34. The number of anilines is 1. The Morgan fingerprint density at radius 3 is 2.44 bits per heavy atom. The van der Waals surface area contributed by atoms with Crippen molar-refractivity contribution < 1.29 is 23.8 Å². The lowest BCUT2D eigenvalue weighted by molar-refractivity contribution is -0.115. The lowest BCUT2D eigenvalue weighted by Gasteiger charge is -2.14. The van der Waals surface area contributed by atoms with Gasteiger partial charge in [-0.05, 0) is 11.6 Å². The van der Waals surface area contributed by atoms with Crippen LogP contribution in [0.1, 0.15) is 15.9 Å². The van der Waals surface area contributed by atoms with Crippen molar-refractivity contribution in [1.82, 2.24) is 4.98 Å². The zero-order valence-electron chi connectivity index (χ0n) is 15.3. The van der Waals surface area contributed by atoms with E-state index in [2.05, 4.69) is 10.3 Å². The van der Waals surface area contributed by atoms with Gasteiger partial charge in [0.25, 0.3) is 0 Å². The molecule has 0 atom stereocenters. The van der Waals surface area contributed by atoms with Gasteiger partial charge >= 0.3 is 5.97 Å². The fourth-order valence-corrected chi connectivity index (χ4v) is 2.91. The molecule has 0 unspecified atom stereocenters. The zero-order chi connectivity index (χ0) is 19.4. The predicted molar refractivity (Wildman–Crippen MR) is 102 cm³/mol. The van der Waals surface area contributed by atoms with E-state index in [-0.39, 0.29) is 17.9 Å². The van der Waals surface area contributed by atoms with Gasteiger partial charge in [0.1, 0.15) is 0 Å². The molecule has 27 heavy (non-hydrogen) atoms. The molecular formula is C20H20N2O5. The van der Waals surface area contributed by atoms with Crippen molar-refractivity contribution >= 4 is 28.5 Å². The molecule has 0 bridgehead atoms. The second-order valence-corrected chi connectivity index (χ2v) is 5.83. The first-order valence-corrected chi connectivity index (χ1v) is 8.26. The van der Waals surface area contributed by atoms with E-state index in [1.807, 2.05) is 24.3 Å². The predicted octanol–water partition coefficient (Wildman–Crippen LogP) is 3.15. The quantitative estimate of drug-likeness (QED) is 0.653. The molecule has 1 heterocycles. The Labute approximate surface area is 156 Å². The molecule has 1 aromatic heterocycles. The standard InChI is InChI=1S/C20H20N2O5/c1-25-17-9-14(20(24)27-3)16(10-18(17)26-2)22-19(23)8-12-11-21-15-7-5-4-6-13(12)15/h4-7,9-11,21H,8H2,1-3H3,(H,22,23). The van der Waals surface area contributed by atoms with Gasteiger partial charge in [0, 0.05) is 29.2 Å². The summed E-state index contributed by atoms with van der Waals surface area (Å²) in [5.41, 5.74) is 2.30. The number of H-pyrrole nitrogens is 1. The number of esters is 1. The maximum absolute atomic E-state index is 12.6. The van der Waals surface area contributed by atoms with Crippen molar-refractivity contribution in [1.29, 1.82) is 0 Å². The summed E-state index contributed by atoms with van der Waals surface area (Å²) in [4.78, 5) is 27.8. The first kappa shape index (κ1) is 18.3. The molecule has 7 heteroatoms. The van der Waals surface area contributed by atoms with Gasteiger partial charge < -0.3 is 24.5 Å². The summed E-state index contributed by atoms with van der Waals surface area (Å²) in [7, 11) is 4.22. The average Bonchev–Trinajstić information content (AvgIpc) is 3.09. The van der Waals surface area contributed by atoms with E-state index < -0.39 is 5.97 Å². The first-order chi connectivity index (χ1) is 13.1. The van der Waals surface area contributed by atoms with Crippen LogP contribution >= 0.6 is 0 Å². The number of methoxy groups -OCH3 is 3. The van der Waals surface area contributed by atoms with Gasteiger partial charge in [-0.3, -0.25) is 4.79 Å². The van der Waals surface area contributed by atoms with Crippen LogP contribution in [0, 0.1) is 0 Å². The van der Waals surface area contributed by atoms with Crippen molar-refractivity contribution in [3.63, 3.8) is 0 Å². The third-order valence-corrected chi connectivity index (χ3v) is 4.23. The largest absolute Gasteiger partial charge is 0.493 e.